The highest BCUT2D eigenvalue weighted by Crippen LogP contribution is 2.45. The molecule has 0 saturated heterocycles. The molecule has 0 aromatic rings. The van der Waals surface area contributed by atoms with Crippen LogP contribution in [0.1, 0.15) is 13.3 Å². The molecule has 0 aliphatic rings. The Hall–Kier alpha value is -0.910. The molecular weight excluding hydrogens is 225 g/mol. The van der Waals surface area contributed by atoms with Gasteiger partial charge in [-0.1, -0.05) is 0 Å². The van der Waals surface area contributed by atoms with E-state index in [4.69, 9.17) is 15.9 Å². The molecule has 0 amide bonds. The first-order chi connectivity index (χ1) is 6.66. The van der Waals surface area contributed by atoms with Crippen LogP contribution in [0.15, 0.2) is 0 Å². The monoisotopic (exact) mass is 239 g/mol. The van der Waals surface area contributed by atoms with E-state index in [1.807, 2.05) is 0 Å². The summed E-state index contributed by atoms with van der Waals surface area (Å²) in [6.45, 7) is 1.28. The normalized spacial score (nSPS) is 18.9. The van der Waals surface area contributed by atoms with Crippen LogP contribution in [0.5, 0.6) is 0 Å². The first-order valence-corrected chi connectivity index (χ1v) is 6.10. The summed E-state index contributed by atoms with van der Waals surface area (Å²) >= 11 is 0. The fourth-order valence-electron chi connectivity index (χ4n) is 0.923. The second kappa shape index (κ2) is 5.25. The SMILES string of the molecule is C[C@H](N)P(=O)(O)C[C@H](CC(=O)O)C(=O)O. The molecule has 0 aromatic carbocycles. The van der Waals surface area contributed by atoms with E-state index in [0.29, 0.717) is 0 Å². The van der Waals surface area contributed by atoms with Gasteiger partial charge < -0.3 is 20.8 Å². The Bertz CT molecular complexity index is 302. The molecule has 15 heavy (non-hydrogen) atoms. The van der Waals surface area contributed by atoms with E-state index >= 15 is 0 Å². The van der Waals surface area contributed by atoms with E-state index in [0.717, 1.165) is 0 Å². The first-order valence-electron chi connectivity index (χ1n) is 4.18. The van der Waals surface area contributed by atoms with Gasteiger partial charge in [0, 0.05) is 6.16 Å². The van der Waals surface area contributed by atoms with Crippen LogP contribution in [0.25, 0.3) is 0 Å². The Morgan fingerprint density at radius 3 is 2.13 bits per heavy atom. The van der Waals surface area contributed by atoms with Crippen molar-refractivity contribution in [1.82, 2.24) is 0 Å². The highest BCUT2D eigenvalue weighted by atomic mass is 31.2. The Morgan fingerprint density at radius 2 is 1.87 bits per heavy atom. The quantitative estimate of drug-likeness (QED) is 0.468. The van der Waals surface area contributed by atoms with E-state index in [-0.39, 0.29) is 0 Å². The Labute approximate surface area is 86.4 Å². The van der Waals surface area contributed by atoms with Crippen molar-refractivity contribution in [3.63, 3.8) is 0 Å². The first kappa shape index (κ1) is 14.1. The highest BCUT2D eigenvalue weighted by Gasteiger charge is 2.33. The third kappa shape index (κ3) is 4.92. The molecule has 1 unspecified atom stereocenters. The Kier molecular flexibility index (Phi) is 4.93. The number of carboxylic acid groups (broad SMARTS) is 2. The van der Waals surface area contributed by atoms with Gasteiger partial charge in [-0.2, -0.15) is 0 Å². The molecule has 0 bridgehead atoms. The highest BCUT2D eigenvalue weighted by molar-refractivity contribution is 7.58. The maximum atomic E-state index is 11.4. The number of hydrogen-bond acceptors (Lipinski definition) is 4. The van der Waals surface area contributed by atoms with Gasteiger partial charge in [0.05, 0.1) is 18.1 Å². The summed E-state index contributed by atoms with van der Waals surface area (Å²) in [5.41, 5.74) is 5.20. The second-order valence-electron chi connectivity index (χ2n) is 3.31. The van der Waals surface area contributed by atoms with E-state index in [9.17, 15) is 19.0 Å². The minimum absolute atomic E-state index is 0.619. The van der Waals surface area contributed by atoms with Crippen LogP contribution in [0.4, 0.5) is 0 Å². The zero-order valence-corrected chi connectivity index (χ0v) is 9.05. The van der Waals surface area contributed by atoms with Gasteiger partial charge in [-0.25, -0.2) is 0 Å². The Balaban J connectivity index is 4.62. The number of rotatable bonds is 6. The Morgan fingerprint density at radius 1 is 1.40 bits per heavy atom. The van der Waals surface area contributed by atoms with Crippen LogP contribution >= 0.6 is 7.37 Å². The molecule has 8 heteroatoms. The number of nitrogens with two attached hydrogens (primary N) is 1. The van der Waals surface area contributed by atoms with Gasteiger partial charge in [0.2, 0.25) is 7.37 Å². The summed E-state index contributed by atoms with van der Waals surface area (Å²) in [4.78, 5) is 30.2. The summed E-state index contributed by atoms with van der Waals surface area (Å²) in [7, 11) is -3.80. The van der Waals surface area contributed by atoms with Gasteiger partial charge >= 0.3 is 11.9 Å². The lowest BCUT2D eigenvalue weighted by molar-refractivity contribution is -0.147. The molecule has 5 N–H and O–H groups in total. The minimum Gasteiger partial charge on any atom is -0.481 e. The van der Waals surface area contributed by atoms with Crippen LogP contribution in [-0.2, 0) is 14.2 Å². The summed E-state index contributed by atoms with van der Waals surface area (Å²) in [6, 6.07) is 0. The van der Waals surface area contributed by atoms with Gasteiger partial charge in [-0.15, -0.1) is 0 Å². The largest absolute Gasteiger partial charge is 0.481 e. The molecule has 0 aliphatic heterocycles. The van der Waals surface area contributed by atoms with Crippen molar-refractivity contribution < 1.29 is 29.3 Å². The third-order valence-corrected chi connectivity index (χ3v) is 4.13. The van der Waals surface area contributed by atoms with Crippen LogP contribution in [0.2, 0.25) is 0 Å². The van der Waals surface area contributed by atoms with Crippen LogP contribution < -0.4 is 5.73 Å². The van der Waals surface area contributed by atoms with Crippen LogP contribution in [0, 0.1) is 5.92 Å². The smallest absolute Gasteiger partial charge is 0.307 e. The fraction of sp³-hybridized carbons (Fsp3) is 0.714. The standard InChI is InChI=1S/C7H14NO6P/c1-4(8)15(13,14)3-5(7(11)12)2-6(9)10/h4-5H,2-3,8H2,1H3,(H,9,10)(H,11,12)(H,13,14)/t4-,5+/m1/s1. The summed E-state index contributed by atoms with van der Waals surface area (Å²) < 4.78 is 11.4. The third-order valence-electron chi connectivity index (χ3n) is 1.89. The minimum atomic E-state index is -3.80. The average Bonchev–Trinajstić information content (AvgIpc) is 2.01. The van der Waals surface area contributed by atoms with E-state index in [1.54, 1.807) is 0 Å². The molecule has 0 fully saturated rings. The van der Waals surface area contributed by atoms with Crippen molar-refractivity contribution in [2.75, 3.05) is 6.16 Å². The summed E-state index contributed by atoms with van der Waals surface area (Å²) in [5.74, 6) is -5.18. The van der Waals surface area contributed by atoms with E-state index in [1.165, 1.54) is 6.92 Å². The summed E-state index contributed by atoms with van der Waals surface area (Å²) in [5, 5.41) is 17.0. The predicted octanol–water partition coefficient (Wildman–Crippen LogP) is -0.263. The molecule has 0 saturated carbocycles. The van der Waals surface area contributed by atoms with Gasteiger partial charge in [0.1, 0.15) is 0 Å². The fourth-order valence-corrected chi connectivity index (χ4v) is 2.17. The molecule has 0 radical (unpaired) electrons. The van der Waals surface area contributed by atoms with E-state index in [2.05, 4.69) is 0 Å². The molecule has 0 aliphatic carbocycles. The van der Waals surface area contributed by atoms with Gasteiger partial charge in [-0.3, -0.25) is 14.2 Å². The number of aliphatic carboxylic acids is 2. The van der Waals surface area contributed by atoms with Crippen molar-refractivity contribution in [3.05, 3.63) is 0 Å². The van der Waals surface area contributed by atoms with Crippen molar-refractivity contribution >= 4 is 19.3 Å². The molecule has 0 aromatic heterocycles. The van der Waals surface area contributed by atoms with Crippen molar-refractivity contribution in [3.8, 4) is 0 Å². The second-order valence-corrected chi connectivity index (χ2v) is 6.00. The molecule has 7 nitrogen and oxygen atoms in total. The number of hydrogen-bond donors (Lipinski definition) is 4. The molecule has 0 rings (SSSR count). The molecule has 0 spiro atoms. The molecule has 3 atom stereocenters. The van der Waals surface area contributed by atoms with E-state index < -0.39 is 43.6 Å². The molecule has 0 heterocycles. The lowest BCUT2D eigenvalue weighted by Gasteiger charge is -2.18. The van der Waals surface area contributed by atoms with Gasteiger partial charge in [0.25, 0.3) is 0 Å². The van der Waals surface area contributed by atoms with Crippen LogP contribution in [-0.4, -0.2) is 39.0 Å². The lowest BCUT2D eigenvalue weighted by atomic mass is 10.1. The average molecular weight is 239 g/mol. The van der Waals surface area contributed by atoms with Gasteiger partial charge in [0.15, 0.2) is 0 Å². The molecule has 88 valence electrons. The maximum absolute atomic E-state index is 11.4. The summed E-state index contributed by atoms with van der Waals surface area (Å²) in [6.07, 6.45) is -1.31. The zero-order valence-electron chi connectivity index (χ0n) is 8.16. The maximum Gasteiger partial charge on any atom is 0.307 e. The van der Waals surface area contributed by atoms with Crippen LogP contribution in [0.3, 0.4) is 0 Å². The zero-order chi connectivity index (χ0) is 12.2. The number of carbonyl (C=O) groups is 2. The predicted molar refractivity (Wildman–Crippen MR) is 51.7 cm³/mol. The topological polar surface area (TPSA) is 138 Å². The van der Waals surface area contributed by atoms with Crippen molar-refractivity contribution in [2.45, 2.75) is 19.1 Å². The van der Waals surface area contributed by atoms with Gasteiger partial charge in [-0.05, 0) is 6.92 Å². The number of carboxylic acids is 2. The molecular formula is C7H14NO6P. The van der Waals surface area contributed by atoms with Crippen molar-refractivity contribution in [2.24, 2.45) is 11.7 Å². The lowest BCUT2D eigenvalue weighted by Crippen LogP contribution is -2.26. The van der Waals surface area contributed by atoms with Crippen molar-refractivity contribution in [1.29, 1.82) is 0 Å².